The quantitative estimate of drug-likeness (QED) is 0.144. The Bertz CT molecular complexity index is 1250. The second kappa shape index (κ2) is 11.8. The minimum atomic E-state index is 0.593. The molecule has 5 nitrogen and oxygen atoms in total. The predicted octanol–water partition coefficient (Wildman–Crippen LogP) is 8.64. The molecule has 0 radical (unpaired) electrons. The summed E-state index contributed by atoms with van der Waals surface area (Å²) in [7, 11) is 3.26. The van der Waals surface area contributed by atoms with Crippen molar-refractivity contribution in [3.8, 4) is 34.1 Å². The molecule has 4 aromatic carbocycles. The number of benzene rings is 4. The smallest absolute Gasteiger partial charge is 0.184 e. The van der Waals surface area contributed by atoms with Gasteiger partial charge in [-0.1, -0.05) is 42.5 Å². The summed E-state index contributed by atoms with van der Waals surface area (Å²) in [5, 5.41) is 0. The molecule has 0 aliphatic carbocycles. The lowest BCUT2D eigenvalue weighted by molar-refractivity contribution is 0.297. The van der Waals surface area contributed by atoms with Crippen molar-refractivity contribution in [1.29, 1.82) is 0 Å². The van der Waals surface area contributed by atoms with E-state index in [-0.39, 0.29) is 0 Å². The summed E-state index contributed by atoms with van der Waals surface area (Å²) < 4.78 is 22.4. The first-order chi connectivity index (χ1) is 17.5. The molecule has 0 fully saturated rings. The number of rotatable bonds is 8. The number of nitrogens with zero attached hydrogens (tertiary/aromatic N) is 1. The van der Waals surface area contributed by atoms with E-state index in [2.05, 4.69) is 4.99 Å². The van der Waals surface area contributed by atoms with Crippen LogP contribution in [0, 0.1) is 0 Å². The molecule has 0 N–H and O–H groups in total. The van der Waals surface area contributed by atoms with Gasteiger partial charge in [-0.2, -0.15) is 0 Å². The summed E-state index contributed by atoms with van der Waals surface area (Å²) in [5.41, 5.74) is 3.98. The van der Waals surface area contributed by atoms with Crippen LogP contribution in [-0.2, 0) is 9.47 Å². The van der Waals surface area contributed by atoms with Gasteiger partial charge in [0, 0.05) is 13.0 Å². The molecule has 0 spiro atoms. The average molecular weight is 480 g/mol. The minimum Gasteiger partial charge on any atom is -0.501 e. The molecule has 0 saturated carbocycles. The van der Waals surface area contributed by atoms with Gasteiger partial charge in [-0.25, -0.2) is 4.99 Å². The summed E-state index contributed by atoms with van der Waals surface area (Å²) in [6.07, 6.45) is 1.97. The van der Waals surface area contributed by atoms with Gasteiger partial charge in [0.25, 0.3) is 0 Å². The van der Waals surface area contributed by atoms with Crippen molar-refractivity contribution in [2.75, 3.05) is 14.2 Å². The molecule has 0 aromatic heterocycles. The Kier molecular flexibility index (Phi) is 8.04. The van der Waals surface area contributed by atoms with E-state index >= 15 is 0 Å². The Hall–Kier alpha value is -4.51. The first-order valence-electron chi connectivity index (χ1n) is 11.6. The number of ether oxygens (including phenoxy) is 4. The van der Waals surface area contributed by atoms with E-state index in [4.69, 9.17) is 18.9 Å². The molecule has 0 saturated heterocycles. The molecule has 0 bridgehead atoms. The van der Waals surface area contributed by atoms with Crippen LogP contribution in [0.4, 0.5) is 5.69 Å². The van der Waals surface area contributed by atoms with Crippen LogP contribution in [0.1, 0.15) is 19.4 Å². The van der Waals surface area contributed by atoms with E-state index in [1.807, 2.05) is 117 Å². The van der Waals surface area contributed by atoms with Crippen LogP contribution in [0.3, 0.4) is 0 Å². The highest BCUT2D eigenvalue weighted by Gasteiger charge is 2.04. The van der Waals surface area contributed by atoms with Gasteiger partial charge in [-0.15, -0.1) is 0 Å². The SMILES string of the molecule is COC(C)=Nc1cccc(Oc2ccc(-c3ccc(Oc4cccc(/C=C(/C)OC)c4)cc3)cc2)c1. The Morgan fingerprint density at radius 3 is 1.72 bits per heavy atom. The van der Waals surface area contributed by atoms with Crippen molar-refractivity contribution in [3.63, 3.8) is 0 Å². The van der Waals surface area contributed by atoms with Crippen molar-refractivity contribution in [2.45, 2.75) is 13.8 Å². The molecular formula is C31H29NO4. The van der Waals surface area contributed by atoms with E-state index in [9.17, 15) is 0 Å². The van der Waals surface area contributed by atoms with Crippen LogP contribution in [0.2, 0.25) is 0 Å². The zero-order valence-corrected chi connectivity index (χ0v) is 20.9. The van der Waals surface area contributed by atoms with Crippen molar-refractivity contribution in [1.82, 2.24) is 0 Å². The molecule has 0 heterocycles. The van der Waals surface area contributed by atoms with Gasteiger partial charge in [0.15, 0.2) is 5.90 Å². The number of hydrogen-bond acceptors (Lipinski definition) is 5. The third-order valence-electron chi connectivity index (χ3n) is 5.46. The largest absolute Gasteiger partial charge is 0.501 e. The van der Waals surface area contributed by atoms with Crippen LogP contribution in [0.25, 0.3) is 17.2 Å². The summed E-state index contributed by atoms with van der Waals surface area (Å²) >= 11 is 0. The number of aliphatic imine (C=N–C) groups is 1. The highest BCUT2D eigenvalue weighted by atomic mass is 16.5. The number of methoxy groups -OCH3 is 2. The standard InChI is InChI=1S/C31H29NO4/c1-22(33-3)19-24-7-5-9-30(20-24)35-28-15-11-25(12-16-28)26-13-17-29(18-14-26)36-31-10-6-8-27(21-31)32-23(2)34-4/h5-21H,1-4H3/b22-19-,32-23?. The van der Waals surface area contributed by atoms with Gasteiger partial charge in [0.1, 0.15) is 23.0 Å². The van der Waals surface area contributed by atoms with Crippen molar-refractivity contribution in [3.05, 3.63) is 108 Å². The Labute approximate surface area is 212 Å². The van der Waals surface area contributed by atoms with Gasteiger partial charge in [0.05, 0.1) is 25.7 Å². The van der Waals surface area contributed by atoms with Gasteiger partial charge < -0.3 is 18.9 Å². The van der Waals surface area contributed by atoms with E-state index in [0.29, 0.717) is 11.6 Å². The summed E-state index contributed by atoms with van der Waals surface area (Å²) in [4.78, 5) is 4.38. The minimum absolute atomic E-state index is 0.593. The number of allylic oxidation sites excluding steroid dienone is 1. The molecule has 0 unspecified atom stereocenters. The number of hydrogen-bond donors (Lipinski definition) is 0. The lowest BCUT2D eigenvalue weighted by Crippen LogP contribution is -1.92. The topological polar surface area (TPSA) is 49.3 Å². The van der Waals surface area contributed by atoms with E-state index in [1.165, 1.54) is 0 Å². The zero-order valence-electron chi connectivity index (χ0n) is 20.9. The average Bonchev–Trinajstić information content (AvgIpc) is 2.90. The fraction of sp³-hybridized carbons (Fsp3) is 0.129. The summed E-state index contributed by atoms with van der Waals surface area (Å²) in [6, 6.07) is 31.5. The summed E-state index contributed by atoms with van der Waals surface area (Å²) in [5.74, 6) is 4.44. The summed E-state index contributed by atoms with van der Waals surface area (Å²) in [6.45, 7) is 3.73. The lowest BCUT2D eigenvalue weighted by atomic mass is 10.1. The Morgan fingerprint density at radius 2 is 1.17 bits per heavy atom. The molecule has 36 heavy (non-hydrogen) atoms. The highest BCUT2D eigenvalue weighted by molar-refractivity contribution is 5.76. The van der Waals surface area contributed by atoms with E-state index in [1.54, 1.807) is 14.2 Å². The third-order valence-corrected chi connectivity index (χ3v) is 5.46. The monoisotopic (exact) mass is 479 g/mol. The zero-order chi connectivity index (χ0) is 25.3. The van der Waals surface area contributed by atoms with Gasteiger partial charge >= 0.3 is 0 Å². The fourth-order valence-electron chi connectivity index (χ4n) is 3.51. The van der Waals surface area contributed by atoms with Crippen molar-refractivity contribution < 1.29 is 18.9 Å². The highest BCUT2D eigenvalue weighted by Crippen LogP contribution is 2.30. The van der Waals surface area contributed by atoms with Crippen molar-refractivity contribution in [2.24, 2.45) is 4.99 Å². The van der Waals surface area contributed by atoms with Gasteiger partial charge in [0.2, 0.25) is 0 Å². The predicted molar refractivity (Wildman–Crippen MR) is 145 cm³/mol. The lowest BCUT2D eigenvalue weighted by Gasteiger charge is -2.10. The van der Waals surface area contributed by atoms with Crippen LogP contribution >= 0.6 is 0 Å². The molecule has 5 heteroatoms. The van der Waals surface area contributed by atoms with Crippen LogP contribution in [-0.4, -0.2) is 20.1 Å². The fourth-order valence-corrected chi connectivity index (χ4v) is 3.51. The maximum atomic E-state index is 6.04. The first kappa shape index (κ1) is 24.6. The maximum Gasteiger partial charge on any atom is 0.184 e. The molecule has 4 aromatic rings. The van der Waals surface area contributed by atoms with Crippen molar-refractivity contribution >= 4 is 17.7 Å². The van der Waals surface area contributed by atoms with Crippen LogP contribution < -0.4 is 9.47 Å². The Balaban J connectivity index is 1.41. The molecule has 4 rings (SSSR count). The third kappa shape index (κ3) is 6.76. The molecule has 0 aliphatic heterocycles. The molecule has 0 amide bonds. The maximum absolute atomic E-state index is 6.04. The van der Waals surface area contributed by atoms with Crippen LogP contribution in [0.5, 0.6) is 23.0 Å². The first-order valence-corrected chi connectivity index (χ1v) is 11.6. The molecular weight excluding hydrogens is 450 g/mol. The van der Waals surface area contributed by atoms with Gasteiger partial charge in [-0.3, -0.25) is 0 Å². The normalized spacial score (nSPS) is 11.7. The van der Waals surface area contributed by atoms with Gasteiger partial charge in [-0.05, 0) is 78.2 Å². The molecule has 0 aliphatic rings. The second-order valence-electron chi connectivity index (χ2n) is 8.12. The molecule has 0 atom stereocenters. The Morgan fingerprint density at radius 1 is 0.611 bits per heavy atom. The second-order valence-corrected chi connectivity index (χ2v) is 8.12. The van der Waals surface area contributed by atoms with E-state index < -0.39 is 0 Å². The van der Waals surface area contributed by atoms with E-state index in [0.717, 1.165) is 45.4 Å². The van der Waals surface area contributed by atoms with Crippen LogP contribution in [0.15, 0.2) is 108 Å². The molecule has 182 valence electrons.